The van der Waals surface area contributed by atoms with E-state index in [1.54, 1.807) is 18.3 Å². The molecule has 0 saturated heterocycles. The molecular formula is C23H26N4O4. The molecule has 0 bridgehead atoms. The van der Waals surface area contributed by atoms with Crippen molar-refractivity contribution in [2.75, 3.05) is 21.3 Å². The highest BCUT2D eigenvalue weighted by Crippen LogP contribution is 2.38. The van der Waals surface area contributed by atoms with E-state index in [1.807, 2.05) is 36.7 Å². The molecule has 1 heterocycles. The first kappa shape index (κ1) is 21.9. The van der Waals surface area contributed by atoms with Crippen molar-refractivity contribution in [3.8, 4) is 17.2 Å². The van der Waals surface area contributed by atoms with Gasteiger partial charge in [-0.05, 0) is 31.5 Å². The molecule has 0 radical (unpaired) electrons. The Bertz CT molecular complexity index is 1070. The summed E-state index contributed by atoms with van der Waals surface area (Å²) in [5.74, 6) is 0.805. The van der Waals surface area contributed by atoms with E-state index < -0.39 is 5.91 Å². The van der Waals surface area contributed by atoms with Gasteiger partial charge in [0.25, 0.3) is 5.91 Å². The average Bonchev–Trinajstić information content (AvgIpc) is 3.05. The van der Waals surface area contributed by atoms with Gasteiger partial charge in [0.2, 0.25) is 5.75 Å². The summed E-state index contributed by atoms with van der Waals surface area (Å²) < 4.78 is 17.8. The van der Waals surface area contributed by atoms with Gasteiger partial charge in [-0.1, -0.05) is 30.3 Å². The van der Waals surface area contributed by atoms with E-state index in [2.05, 4.69) is 27.8 Å². The number of benzene rings is 2. The van der Waals surface area contributed by atoms with Crippen molar-refractivity contribution in [2.24, 2.45) is 5.10 Å². The second-order valence-corrected chi connectivity index (χ2v) is 6.84. The van der Waals surface area contributed by atoms with Crippen LogP contribution in [0.15, 0.2) is 47.6 Å². The number of aromatic nitrogens is 2. The van der Waals surface area contributed by atoms with Crippen LogP contribution in [0, 0.1) is 13.8 Å². The van der Waals surface area contributed by atoms with Crippen LogP contribution in [0.4, 0.5) is 0 Å². The minimum Gasteiger partial charge on any atom is -0.493 e. The number of nitrogens with one attached hydrogen (secondary N) is 1. The van der Waals surface area contributed by atoms with Crippen LogP contribution in [0.3, 0.4) is 0 Å². The van der Waals surface area contributed by atoms with Gasteiger partial charge in [0, 0.05) is 16.8 Å². The molecule has 8 heteroatoms. The normalized spacial score (nSPS) is 10.9. The molecule has 2 aromatic carbocycles. The standard InChI is InChI=1S/C23H26N4O4/c1-15-19(16(2)27(26-15)14-17-9-7-6-8-10-17)13-24-25-23(28)18-11-20(29-3)22(31-5)21(12-18)30-4/h6-13H,14H2,1-5H3,(H,25,28)/b24-13-. The molecule has 1 aromatic heterocycles. The smallest absolute Gasteiger partial charge is 0.271 e. The lowest BCUT2D eigenvalue weighted by Crippen LogP contribution is -2.18. The summed E-state index contributed by atoms with van der Waals surface area (Å²) in [6, 6.07) is 13.2. The predicted molar refractivity (Wildman–Crippen MR) is 118 cm³/mol. The SMILES string of the molecule is COc1cc(C(=O)N/N=C\c2c(C)nn(Cc3ccccc3)c2C)cc(OC)c1OC. The van der Waals surface area contributed by atoms with Gasteiger partial charge in [-0.3, -0.25) is 9.48 Å². The first-order valence-corrected chi connectivity index (χ1v) is 9.69. The fourth-order valence-electron chi connectivity index (χ4n) is 3.24. The fourth-order valence-corrected chi connectivity index (χ4v) is 3.24. The van der Waals surface area contributed by atoms with E-state index in [-0.39, 0.29) is 0 Å². The first-order chi connectivity index (χ1) is 15.0. The summed E-state index contributed by atoms with van der Waals surface area (Å²) >= 11 is 0. The molecule has 1 N–H and O–H groups in total. The van der Waals surface area contributed by atoms with Crippen molar-refractivity contribution in [1.29, 1.82) is 0 Å². The lowest BCUT2D eigenvalue weighted by Gasteiger charge is -2.13. The molecule has 0 unspecified atom stereocenters. The Morgan fingerprint density at radius 3 is 2.29 bits per heavy atom. The third-order valence-electron chi connectivity index (χ3n) is 4.90. The number of hydrogen-bond acceptors (Lipinski definition) is 6. The number of carbonyl (C=O) groups is 1. The van der Waals surface area contributed by atoms with E-state index in [9.17, 15) is 4.79 Å². The van der Waals surface area contributed by atoms with Crippen molar-refractivity contribution in [3.63, 3.8) is 0 Å². The Hall–Kier alpha value is -3.81. The topological polar surface area (TPSA) is 87.0 Å². The van der Waals surface area contributed by atoms with Crippen LogP contribution in [0.1, 0.15) is 32.9 Å². The number of carbonyl (C=O) groups excluding carboxylic acids is 1. The maximum Gasteiger partial charge on any atom is 0.271 e. The molecule has 0 aliphatic heterocycles. The zero-order valence-corrected chi connectivity index (χ0v) is 18.3. The first-order valence-electron chi connectivity index (χ1n) is 9.69. The number of hydrazone groups is 1. The summed E-state index contributed by atoms with van der Waals surface area (Å²) in [5.41, 5.74) is 6.69. The minimum atomic E-state index is -0.400. The van der Waals surface area contributed by atoms with Crippen LogP contribution < -0.4 is 19.6 Å². The molecule has 0 spiro atoms. The Balaban J connectivity index is 1.76. The van der Waals surface area contributed by atoms with Gasteiger partial charge in [0.1, 0.15) is 0 Å². The van der Waals surface area contributed by atoms with Gasteiger partial charge in [0.05, 0.1) is 39.8 Å². The summed E-state index contributed by atoms with van der Waals surface area (Å²) in [7, 11) is 4.50. The van der Waals surface area contributed by atoms with Crippen LogP contribution in [-0.2, 0) is 6.54 Å². The Kier molecular flexibility index (Phi) is 6.92. The molecule has 0 aliphatic carbocycles. The van der Waals surface area contributed by atoms with Crippen LogP contribution >= 0.6 is 0 Å². The summed E-state index contributed by atoms with van der Waals surface area (Å²) in [5, 5.41) is 8.71. The monoisotopic (exact) mass is 422 g/mol. The lowest BCUT2D eigenvalue weighted by atomic mass is 10.1. The van der Waals surface area contributed by atoms with Crippen LogP contribution in [-0.4, -0.2) is 43.2 Å². The van der Waals surface area contributed by atoms with E-state index >= 15 is 0 Å². The Labute approximate surface area is 181 Å². The van der Waals surface area contributed by atoms with Gasteiger partial charge in [-0.15, -0.1) is 0 Å². The zero-order chi connectivity index (χ0) is 22.4. The van der Waals surface area contributed by atoms with Crippen molar-refractivity contribution in [3.05, 3.63) is 70.5 Å². The summed E-state index contributed by atoms with van der Waals surface area (Å²) in [4.78, 5) is 12.6. The third-order valence-corrected chi connectivity index (χ3v) is 4.90. The van der Waals surface area contributed by atoms with Gasteiger partial charge in [0.15, 0.2) is 11.5 Å². The molecule has 0 atom stereocenters. The van der Waals surface area contributed by atoms with Crippen LogP contribution in [0.5, 0.6) is 17.2 Å². The van der Waals surface area contributed by atoms with Gasteiger partial charge < -0.3 is 14.2 Å². The third kappa shape index (κ3) is 4.85. The molecule has 0 aliphatic rings. The second kappa shape index (κ2) is 9.80. The van der Waals surface area contributed by atoms with E-state index in [4.69, 9.17) is 14.2 Å². The van der Waals surface area contributed by atoms with Crippen molar-refractivity contribution in [1.82, 2.24) is 15.2 Å². The highest BCUT2D eigenvalue weighted by Gasteiger charge is 2.17. The number of amides is 1. The number of rotatable bonds is 8. The van der Waals surface area contributed by atoms with E-state index in [1.165, 1.54) is 21.3 Å². The fraction of sp³-hybridized carbons (Fsp3) is 0.261. The second-order valence-electron chi connectivity index (χ2n) is 6.84. The summed E-state index contributed by atoms with van der Waals surface area (Å²) in [6.07, 6.45) is 1.61. The molecular weight excluding hydrogens is 396 g/mol. The van der Waals surface area contributed by atoms with Crippen LogP contribution in [0.2, 0.25) is 0 Å². The molecule has 1 amide bonds. The van der Waals surface area contributed by atoms with Crippen molar-refractivity contribution in [2.45, 2.75) is 20.4 Å². The average molecular weight is 422 g/mol. The molecule has 0 fully saturated rings. The molecule has 8 nitrogen and oxygen atoms in total. The van der Waals surface area contributed by atoms with E-state index in [0.717, 1.165) is 22.5 Å². The number of aryl methyl sites for hydroxylation is 1. The molecule has 162 valence electrons. The molecule has 0 saturated carbocycles. The molecule has 3 aromatic rings. The Morgan fingerprint density at radius 2 is 1.71 bits per heavy atom. The van der Waals surface area contributed by atoms with Crippen LogP contribution in [0.25, 0.3) is 0 Å². The minimum absolute atomic E-state index is 0.333. The highest BCUT2D eigenvalue weighted by molar-refractivity contribution is 5.96. The number of hydrogen-bond donors (Lipinski definition) is 1. The van der Waals surface area contributed by atoms with Gasteiger partial charge in [-0.25, -0.2) is 5.43 Å². The maximum absolute atomic E-state index is 12.6. The van der Waals surface area contributed by atoms with Crippen molar-refractivity contribution < 1.29 is 19.0 Å². The van der Waals surface area contributed by atoms with Gasteiger partial charge >= 0.3 is 0 Å². The zero-order valence-electron chi connectivity index (χ0n) is 18.3. The van der Waals surface area contributed by atoms with Crippen molar-refractivity contribution >= 4 is 12.1 Å². The Morgan fingerprint density at radius 1 is 1.06 bits per heavy atom. The lowest BCUT2D eigenvalue weighted by molar-refractivity contribution is 0.0954. The maximum atomic E-state index is 12.6. The van der Waals surface area contributed by atoms with E-state index in [0.29, 0.717) is 29.4 Å². The molecule has 3 rings (SSSR count). The number of nitrogens with zero attached hydrogens (tertiary/aromatic N) is 3. The summed E-state index contributed by atoms with van der Waals surface area (Å²) in [6.45, 7) is 4.56. The quantitative estimate of drug-likeness (QED) is 0.444. The number of ether oxygens (including phenoxy) is 3. The van der Waals surface area contributed by atoms with Gasteiger partial charge in [-0.2, -0.15) is 10.2 Å². The molecule has 31 heavy (non-hydrogen) atoms. The highest BCUT2D eigenvalue weighted by atomic mass is 16.5. The predicted octanol–water partition coefficient (Wildman–Crippen LogP) is 3.34. The largest absolute Gasteiger partial charge is 0.493 e. The number of methoxy groups -OCH3 is 3.